The molecule has 1 aromatic rings. The van der Waals surface area contributed by atoms with Crippen LogP contribution >= 0.6 is 0 Å². The molecule has 1 N–H and O–H groups in total. The summed E-state index contributed by atoms with van der Waals surface area (Å²) in [7, 11) is -3.36. The highest BCUT2D eigenvalue weighted by molar-refractivity contribution is 7.92. The summed E-state index contributed by atoms with van der Waals surface area (Å²) in [4.78, 5) is 10.9. The molecule has 1 heterocycles. The van der Waals surface area contributed by atoms with Gasteiger partial charge < -0.3 is 5.11 Å². The molecule has 20 heavy (non-hydrogen) atoms. The zero-order valence-electron chi connectivity index (χ0n) is 11.4. The van der Waals surface area contributed by atoms with Crippen molar-refractivity contribution in [3.05, 3.63) is 29.8 Å². The van der Waals surface area contributed by atoms with Crippen molar-refractivity contribution < 1.29 is 18.3 Å². The van der Waals surface area contributed by atoms with Gasteiger partial charge >= 0.3 is 5.97 Å². The third kappa shape index (κ3) is 2.95. The summed E-state index contributed by atoms with van der Waals surface area (Å²) in [6.45, 7) is 2.18. The van der Waals surface area contributed by atoms with Gasteiger partial charge in [-0.25, -0.2) is 8.42 Å². The maximum absolute atomic E-state index is 12.4. The summed E-state index contributed by atoms with van der Waals surface area (Å²) in [5.41, 5.74) is 1.45. The Morgan fingerprint density at radius 1 is 1.40 bits per heavy atom. The monoisotopic (exact) mass is 297 g/mol. The zero-order chi connectivity index (χ0) is 14.8. The first-order chi connectivity index (χ1) is 9.45. The van der Waals surface area contributed by atoms with Crippen LogP contribution in [0.15, 0.2) is 24.3 Å². The lowest BCUT2D eigenvalue weighted by Crippen LogP contribution is -2.32. The number of carboxylic acids is 1. The van der Waals surface area contributed by atoms with E-state index in [4.69, 9.17) is 5.11 Å². The molecule has 1 aliphatic rings. The molecule has 1 aliphatic heterocycles. The smallest absolute Gasteiger partial charge is 0.304 e. The number of benzene rings is 1. The Morgan fingerprint density at radius 2 is 2.10 bits per heavy atom. The second-order valence-electron chi connectivity index (χ2n) is 5.05. The van der Waals surface area contributed by atoms with Crippen molar-refractivity contribution in [3.63, 3.8) is 0 Å². The average Bonchev–Trinajstić information content (AvgIpc) is 2.76. The van der Waals surface area contributed by atoms with E-state index in [0.717, 1.165) is 12.0 Å². The molecular formula is C14H19NO4S. The van der Waals surface area contributed by atoms with Crippen LogP contribution in [0.2, 0.25) is 0 Å². The summed E-state index contributed by atoms with van der Waals surface area (Å²) in [6.07, 6.45) is 1.38. The number of aliphatic carboxylic acids is 1. The van der Waals surface area contributed by atoms with Gasteiger partial charge in [-0.05, 0) is 18.1 Å². The number of carbonyl (C=O) groups is 1. The number of hydrogen-bond acceptors (Lipinski definition) is 3. The Balaban J connectivity index is 2.31. The van der Waals surface area contributed by atoms with Gasteiger partial charge in [0.15, 0.2) is 0 Å². The van der Waals surface area contributed by atoms with Crippen molar-refractivity contribution in [3.8, 4) is 0 Å². The fraction of sp³-hybridized carbons (Fsp3) is 0.500. The van der Waals surface area contributed by atoms with E-state index in [-0.39, 0.29) is 24.6 Å². The van der Waals surface area contributed by atoms with Gasteiger partial charge in [-0.1, -0.05) is 31.5 Å². The van der Waals surface area contributed by atoms with E-state index in [0.29, 0.717) is 12.1 Å². The third-order valence-corrected chi connectivity index (χ3v) is 5.37. The number of anilines is 1. The molecule has 0 bridgehead atoms. The van der Waals surface area contributed by atoms with E-state index in [1.54, 1.807) is 12.1 Å². The van der Waals surface area contributed by atoms with Crippen molar-refractivity contribution in [1.82, 2.24) is 0 Å². The van der Waals surface area contributed by atoms with Gasteiger partial charge in [-0.2, -0.15) is 0 Å². The van der Waals surface area contributed by atoms with E-state index < -0.39 is 16.0 Å². The first-order valence-electron chi connectivity index (χ1n) is 6.77. The molecule has 5 nitrogen and oxygen atoms in total. The summed E-state index contributed by atoms with van der Waals surface area (Å²) in [5, 5.41) is 8.96. The van der Waals surface area contributed by atoms with Crippen LogP contribution in [-0.2, 0) is 14.8 Å². The largest absolute Gasteiger partial charge is 0.481 e. The van der Waals surface area contributed by atoms with Gasteiger partial charge in [0, 0.05) is 12.5 Å². The standard InChI is InChI=1S/C14H19NO4S/c1-2-3-8-20(18,19)15-10-11(9-14(16)17)12-6-4-5-7-13(12)15/h4-7,11H,2-3,8-10H2,1H3,(H,16,17). The molecular weight excluding hydrogens is 278 g/mol. The van der Waals surface area contributed by atoms with Crippen molar-refractivity contribution in [2.45, 2.75) is 32.1 Å². The van der Waals surface area contributed by atoms with Gasteiger partial charge in [-0.3, -0.25) is 9.10 Å². The van der Waals surface area contributed by atoms with E-state index in [9.17, 15) is 13.2 Å². The van der Waals surface area contributed by atoms with Crippen LogP contribution in [0.5, 0.6) is 0 Å². The lowest BCUT2D eigenvalue weighted by molar-refractivity contribution is -0.137. The van der Waals surface area contributed by atoms with Gasteiger partial charge in [0.2, 0.25) is 10.0 Å². The minimum Gasteiger partial charge on any atom is -0.481 e. The molecule has 0 fully saturated rings. The van der Waals surface area contributed by atoms with Crippen molar-refractivity contribution in [2.75, 3.05) is 16.6 Å². The van der Waals surface area contributed by atoms with Gasteiger partial charge in [0.25, 0.3) is 0 Å². The number of fused-ring (bicyclic) bond motifs is 1. The van der Waals surface area contributed by atoms with E-state index in [1.807, 2.05) is 19.1 Å². The van der Waals surface area contributed by atoms with Crippen LogP contribution in [0, 0.1) is 0 Å². The van der Waals surface area contributed by atoms with E-state index >= 15 is 0 Å². The molecule has 110 valence electrons. The van der Waals surface area contributed by atoms with Gasteiger partial charge in [-0.15, -0.1) is 0 Å². The Bertz CT molecular complexity index is 597. The van der Waals surface area contributed by atoms with Crippen molar-refractivity contribution >= 4 is 21.7 Å². The highest BCUT2D eigenvalue weighted by atomic mass is 32.2. The molecule has 1 unspecified atom stereocenters. The van der Waals surface area contributed by atoms with E-state index in [2.05, 4.69) is 0 Å². The Kier molecular flexibility index (Phi) is 4.32. The van der Waals surface area contributed by atoms with E-state index in [1.165, 1.54) is 4.31 Å². The third-order valence-electron chi connectivity index (χ3n) is 3.54. The number of nitrogens with zero attached hydrogens (tertiary/aromatic N) is 1. The first-order valence-corrected chi connectivity index (χ1v) is 8.37. The molecule has 1 aromatic carbocycles. The maximum atomic E-state index is 12.4. The summed E-state index contributed by atoms with van der Waals surface area (Å²) < 4.78 is 26.1. The molecule has 0 amide bonds. The second-order valence-corrected chi connectivity index (χ2v) is 7.07. The minimum atomic E-state index is -3.36. The molecule has 1 atom stereocenters. The molecule has 2 rings (SSSR count). The van der Waals surface area contributed by atoms with Crippen LogP contribution in [0.4, 0.5) is 5.69 Å². The molecule has 0 saturated heterocycles. The number of sulfonamides is 1. The normalized spacial score (nSPS) is 18.1. The maximum Gasteiger partial charge on any atom is 0.304 e. The SMILES string of the molecule is CCCCS(=O)(=O)N1CC(CC(=O)O)c2ccccc21. The number of rotatable bonds is 6. The molecule has 0 aliphatic carbocycles. The van der Waals surface area contributed by atoms with Crippen molar-refractivity contribution in [2.24, 2.45) is 0 Å². The van der Waals surface area contributed by atoms with Crippen LogP contribution < -0.4 is 4.31 Å². The highest BCUT2D eigenvalue weighted by Crippen LogP contribution is 2.39. The molecule has 6 heteroatoms. The van der Waals surface area contributed by atoms with Gasteiger partial charge in [0.05, 0.1) is 17.9 Å². The molecule has 0 saturated carbocycles. The van der Waals surface area contributed by atoms with Gasteiger partial charge in [0.1, 0.15) is 0 Å². The highest BCUT2D eigenvalue weighted by Gasteiger charge is 2.35. The predicted octanol–water partition coefficient (Wildman–Crippen LogP) is 2.19. The Morgan fingerprint density at radius 3 is 2.75 bits per heavy atom. The summed E-state index contributed by atoms with van der Waals surface area (Å²) in [6, 6.07) is 7.17. The molecule has 0 radical (unpaired) electrons. The second kappa shape index (κ2) is 5.83. The number of carboxylic acid groups (broad SMARTS) is 1. The number of unbranched alkanes of at least 4 members (excludes halogenated alkanes) is 1. The number of hydrogen-bond donors (Lipinski definition) is 1. The summed E-state index contributed by atoms with van der Waals surface area (Å²) in [5.74, 6) is -1.06. The Labute approximate surface area is 119 Å². The zero-order valence-corrected chi connectivity index (χ0v) is 12.3. The lowest BCUT2D eigenvalue weighted by Gasteiger charge is -2.19. The van der Waals surface area contributed by atoms with Crippen LogP contribution in [0.3, 0.4) is 0 Å². The van der Waals surface area contributed by atoms with Crippen LogP contribution in [-0.4, -0.2) is 31.8 Å². The fourth-order valence-electron chi connectivity index (χ4n) is 2.54. The molecule has 0 spiro atoms. The first kappa shape index (κ1) is 14.8. The lowest BCUT2D eigenvalue weighted by atomic mass is 9.98. The topological polar surface area (TPSA) is 74.7 Å². The van der Waals surface area contributed by atoms with Crippen molar-refractivity contribution in [1.29, 1.82) is 0 Å². The predicted molar refractivity (Wildman–Crippen MR) is 77.5 cm³/mol. The molecule has 0 aromatic heterocycles. The van der Waals surface area contributed by atoms with Crippen LogP contribution in [0.1, 0.15) is 37.7 Å². The quantitative estimate of drug-likeness (QED) is 0.873. The fourth-order valence-corrected chi connectivity index (χ4v) is 4.29. The average molecular weight is 297 g/mol. The minimum absolute atomic E-state index is 0.0448. The Hall–Kier alpha value is -1.56. The summed E-state index contributed by atoms with van der Waals surface area (Å²) >= 11 is 0. The number of para-hydroxylation sites is 1. The van der Waals surface area contributed by atoms with Crippen LogP contribution in [0.25, 0.3) is 0 Å².